The molecule has 0 saturated heterocycles. The summed E-state index contributed by atoms with van der Waals surface area (Å²) >= 11 is 6.39. The van der Waals surface area contributed by atoms with Crippen molar-refractivity contribution in [3.8, 4) is 15.6 Å². The number of ether oxygens (including phenoxy) is 2. The Kier molecular flexibility index (Phi) is 5.52. The zero-order chi connectivity index (χ0) is 18.6. The van der Waals surface area contributed by atoms with E-state index in [0.29, 0.717) is 11.5 Å². The van der Waals surface area contributed by atoms with Gasteiger partial charge in [-0.25, -0.2) is 9.78 Å². The minimum Gasteiger partial charge on any atom is -0.490 e. The van der Waals surface area contributed by atoms with Gasteiger partial charge < -0.3 is 9.47 Å². The number of carbonyl (C=O) groups is 1. The summed E-state index contributed by atoms with van der Waals surface area (Å²) in [5, 5.41) is 0.916. The molecule has 0 saturated carbocycles. The van der Waals surface area contributed by atoms with Crippen molar-refractivity contribution in [2.75, 3.05) is 13.2 Å². The van der Waals surface area contributed by atoms with E-state index in [1.54, 1.807) is 17.4 Å². The molecule has 0 N–H and O–H groups in total. The van der Waals surface area contributed by atoms with Crippen LogP contribution in [0.2, 0.25) is 0 Å². The van der Waals surface area contributed by atoms with Gasteiger partial charge in [0.2, 0.25) is 0 Å². The summed E-state index contributed by atoms with van der Waals surface area (Å²) in [6, 6.07) is 19.2. The van der Waals surface area contributed by atoms with Crippen LogP contribution >= 0.6 is 38.6 Å². The molecule has 2 aromatic carbocycles. The van der Waals surface area contributed by atoms with Crippen LogP contribution in [0.3, 0.4) is 0 Å². The smallest absolute Gasteiger partial charge is 0.348 e. The Bertz CT molecular complexity index is 1040. The van der Waals surface area contributed by atoms with Crippen LogP contribution in [0, 0.1) is 0 Å². The lowest BCUT2D eigenvalue weighted by atomic mass is 10.3. The molecule has 2 heterocycles. The summed E-state index contributed by atoms with van der Waals surface area (Å²) in [7, 11) is 0. The van der Waals surface area contributed by atoms with Gasteiger partial charge in [-0.05, 0) is 48.5 Å². The normalized spacial score (nSPS) is 10.9. The van der Waals surface area contributed by atoms with Crippen LogP contribution in [0.1, 0.15) is 9.67 Å². The molecular formula is C20H14BrNO3S2. The van der Waals surface area contributed by atoms with Gasteiger partial charge in [0, 0.05) is 4.47 Å². The van der Waals surface area contributed by atoms with Gasteiger partial charge in [-0.1, -0.05) is 28.1 Å². The van der Waals surface area contributed by atoms with E-state index in [0.717, 1.165) is 30.3 Å². The number of benzene rings is 2. The third-order valence-electron chi connectivity index (χ3n) is 3.71. The van der Waals surface area contributed by atoms with E-state index in [9.17, 15) is 4.79 Å². The standard InChI is InChI=1S/C20H14BrNO3S2/c21-13-5-7-14(8-6-13)24-11-12-25-20(23)18-10-9-17(26-18)19-22-15-3-1-2-4-16(15)27-19/h1-10H,11-12H2. The van der Waals surface area contributed by atoms with E-state index < -0.39 is 0 Å². The second-order valence-electron chi connectivity index (χ2n) is 5.59. The van der Waals surface area contributed by atoms with Gasteiger partial charge >= 0.3 is 5.97 Å². The van der Waals surface area contributed by atoms with Gasteiger partial charge in [-0.3, -0.25) is 0 Å². The van der Waals surface area contributed by atoms with Crippen LogP contribution in [0.5, 0.6) is 5.75 Å². The molecule has 0 radical (unpaired) electrons. The lowest BCUT2D eigenvalue weighted by molar-refractivity contribution is 0.0456. The Balaban J connectivity index is 1.33. The molecule has 2 aromatic heterocycles. The number of thiophene rings is 1. The first kappa shape index (κ1) is 18.2. The SMILES string of the molecule is O=C(OCCOc1ccc(Br)cc1)c1ccc(-c2nc3ccccc3s2)s1. The minimum atomic E-state index is -0.341. The number of halogens is 1. The first-order chi connectivity index (χ1) is 13.2. The van der Waals surface area contributed by atoms with E-state index in [1.165, 1.54) is 11.3 Å². The second kappa shape index (κ2) is 8.21. The number of para-hydroxylation sites is 1. The number of hydrogen-bond acceptors (Lipinski definition) is 6. The molecule has 4 aromatic rings. The van der Waals surface area contributed by atoms with Gasteiger partial charge in [0.15, 0.2) is 0 Å². The summed E-state index contributed by atoms with van der Waals surface area (Å²) in [4.78, 5) is 18.4. The van der Waals surface area contributed by atoms with Crippen molar-refractivity contribution in [1.29, 1.82) is 0 Å². The van der Waals surface area contributed by atoms with Crippen molar-refractivity contribution in [1.82, 2.24) is 4.98 Å². The number of thiazole rings is 1. The quantitative estimate of drug-likeness (QED) is 0.261. The highest BCUT2D eigenvalue weighted by atomic mass is 79.9. The number of aromatic nitrogens is 1. The molecule has 0 atom stereocenters. The molecule has 0 aliphatic heterocycles. The van der Waals surface area contributed by atoms with Crippen LogP contribution in [0.4, 0.5) is 0 Å². The van der Waals surface area contributed by atoms with Crippen molar-refractivity contribution < 1.29 is 14.3 Å². The summed E-state index contributed by atoms with van der Waals surface area (Å²) in [5.41, 5.74) is 0.972. The predicted octanol–water partition coefficient (Wildman–Crippen LogP) is 6.02. The van der Waals surface area contributed by atoms with Crippen molar-refractivity contribution >= 4 is 54.8 Å². The highest BCUT2D eigenvalue weighted by Crippen LogP contribution is 2.34. The largest absolute Gasteiger partial charge is 0.490 e. The Labute approximate surface area is 172 Å². The number of rotatable bonds is 6. The molecule has 0 amide bonds. The van der Waals surface area contributed by atoms with E-state index in [2.05, 4.69) is 20.9 Å². The van der Waals surface area contributed by atoms with Gasteiger partial charge in [0.25, 0.3) is 0 Å². The van der Waals surface area contributed by atoms with E-state index in [1.807, 2.05) is 54.6 Å². The van der Waals surface area contributed by atoms with Gasteiger partial charge in [0.1, 0.15) is 28.8 Å². The molecule has 0 aliphatic rings. The topological polar surface area (TPSA) is 48.4 Å². The minimum absolute atomic E-state index is 0.198. The van der Waals surface area contributed by atoms with Crippen LogP contribution in [-0.4, -0.2) is 24.2 Å². The Morgan fingerprint density at radius 2 is 1.78 bits per heavy atom. The molecule has 7 heteroatoms. The fourth-order valence-electron chi connectivity index (χ4n) is 2.44. The lowest BCUT2D eigenvalue weighted by Gasteiger charge is -2.06. The summed E-state index contributed by atoms with van der Waals surface area (Å²) in [6.07, 6.45) is 0. The number of hydrogen-bond donors (Lipinski definition) is 0. The third kappa shape index (κ3) is 4.37. The third-order valence-corrected chi connectivity index (χ3v) is 6.51. The van der Waals surface area contributed by atoms with Crippen molar-refractivity contribution in [3.05, 3.63) is 70.0 Å². The van der Waals surface area contributed by atoms with Crippen LogP contribution in [0.25, 0.3) is 20.1 Å². The molecule has 0 aliphatic carbocycles. The van der Waals surface area contributed by atoms with E-state index >= 15 is 0 Å². The molecule has 0 fully saturated rings. The van der Waals surface area contributed by atoms with Crippen molar-refractivity contribution in [2.24, 2.45) is 0 Å². The average molecular weight is 460 g/mol. The fourth-order valence-corrected chi connectivity index (χ4v) is 4.62. The van der Waals surface area contributed by atoms with Gasteiger partial charge in [-0.2, -0.15) is 0 Å². The predicted molar refractivity (Wildman–Crippen MR) is 113 cm³/mol. The maximum Gasteiger partial charge on any atom is 0.348 e. The summed E-state index contributed by atoms with van der Waals surface area (Å²) in [5.74, 6) is 0.398. The molecule has 0 unspecified atom stereocenters. The number of esters is 1. The van der Waals surface area contributed by atoms with Gasteiger partial charge in [0.05, 0.1) is 15.1 Å². The van der Waals surface area contributed by atoms with Crippen LogP contribution in [0.15, 0.2) is 65.1 Å². The Morgan fingerprint density at radius 3 is 2.59 bits per heavy atom. The first-order valence-electron chi connectivity index (χ1n) is 8.20. The second-order valence-corrected chi connectivity index (χ2v) is 8.62. The molecule has 136 valence electrons. The average Bonchev–Trinajstić information content (AvgIpc) is 3.33. The zero-order valence-corrected chi connectivity index (χ0v) is 17.3. The van der Waals surface area contributed by atoms with Crippen molar-refractivity contribution in [3.63, 3.8) is 0 Å². The fraction of sp³-hybridized carbons (Fsp3) is 0.100. The maximum absolute atomic E-state index is 12.2. The summed E-state index contributed by atoms with van der Waals surface area (Å²) in [6.45, 7) is 0.507. The zero-order valence-electron chi connectivity index (χ0n) is 14.1. The molecule has 27 heavy (non-hydrogen) atoms. The molecule has 4 nitrogen and oxygen atoms in total. The van der Waals surface area contributed by atoms with Gasteiger partial charge in [-0.15, -0.1) is 22.7 Å². The number of carbonyl (C=O) groups excluding carboxylic acids is 1. The highest BCUT2D eigenvalue weighted by Gasteiger charge is 2.14. The molecule has 0 bridgehead atoms. The van der Waals surface area contributed by atoms with E-state index in [-0.39, 0.29) is 12.6 Å². The van der Waals surface area contributed by atoms with E-state index in [4.69, 9.17) is 9.47 Å². The number of nitrogens with zero attached hydrogens (tertiary/aromatic N) is 1. The Morgan fingerprint density at radius 1 is 0.963 bits per heavy atom. The highest BCUT2D eigenvalue weighted by molar-refractivity contribution is 9.10. The molecule has 0 spiro atoms. The Hall–Kier alpha value is -2.22. The number of fused-ring (bicyclic) bond motifs is 1. The van der Waals surface area contributed by atoms with Crippen molar-refractivity contribution in [2.45, 2.75) is 0 Å². The summed E-state index contributed by atoms with van der Waals surface area (Å²) < 4.78 is 13.0. The maximum atomic E-state index is 12.2. The first-order valence-corrected chi connectivity index (χ1v) is 10.6. The molecular weight excluding hydrogens is 446 g/mol. The molecule has 4 rings (SSSR count). The van der Waals surface area contributed by atoms with Crippen LogP contribution in [-0.2, 0) is 4.74 Å². The van der Waals surface area contributed by atoms with Crippen LogP contribution < -0.4 is 4.74 Å². The lowest BCUT2D eigenvalue weighted by Crippen LogP contribution is -2.11. The monoisotopic (exact) mass is 459 g/mol.